The summed E-state index contributed by atoms with van der Waals surface area (Å²) < 4.78 is 0. The van der Waals surface area contributed by atoms with Crippen molar-refractivity contribution in [3.05, 3.63) is 243 Å². The highest BCUT2D eigenvalue weighted by atomic mass is 14.7. The standard InChI is InChI=1S/C62H40N2/c1-3-11-41(12-4-1)51-33-25-45-23-31-49-35-37-59(63-61(49)57(45)39-51)47-27-19-43(20-28-47)53-15-7-9-17-55(53)56-18-10-8-16-54(56)44-21-29-48(30-22-44)60-38-36-50-32-24-46-26-34-52(40-58(46)62(50)64-60)42-13-5-2-6-14-42/h1-40H. The van der Waals surface area contributed by atoms with Crippen molar-refractivity contribution in [2.24, 2.45) is 0 Å². The number of nitrogens with zero attached hydrogens (tertiary/aromatic N) is 2. The van der Waals surface area contributed by atoms with Gasteiger partial charge in [-0.15, -0.1) is 0 Å². The van der Waals surface area contributed by atoms with Gasteiger partial charge >= 0.3 is 0 Å². The minimum absolute atomic E-state index is 0.961. The van der Waals surface area contributed by atoms with Gasteiger partial charge in [0.25, 0.3) is 0 Å². The van der Waals surface area contributed by atoms with Gasteiger partial charge in [0, 0.05) is 32.7 Å². The first-order chi connectivity index (χ1) is 31.7. The Morgan fingerprint density at radius 3 is 0.938 bits per heavy atom. The maximum Gasteiger partial charge on any atom is 0.0788 e. The molecular weight excluding hydrogens is 773 g/mol. The van der Waals surface area contributed by atoms with Crippen molar-refractivity contribution < 1.29 is 0 Å². The molecule has 0 atom stereocenters. The molecule has 0 spiro atoms. The Hall–Kier alpha value is -8.46. The van der Waals surface area contributed by atoms with Crippen molar-refractivity contribution in [3.63, 3.8) is 0 Å². The maximum absolute atomic E-state index is 5.28. The van der Waals surface area contributed by atoms with Gasteiger partial charge in [-0.1, -0.05) is 218 Å². The van der Waals surface area contributed by atoms with Crippen molar-refractivity contribution in [3.8, 4) is 78.1 Å². The van der Waals surface area contributed by atoms with Crippen LogP contribution in [0.1, 0.15) is 0 Å². The second kappa shape index (κ2) is 15.8. The zero-order valence-corrected chi connectivity index (χ0v) is 35.0. The molecule has 10 aromatic carbocycles. The predicted molar refractivity (Wildman–Crippen MR) is 270 cm³/mol. The van der Waals surface area contributed by atoms with Gasteiger partial charge in [0.15, 0.2) is 0 Å². The molecule has 2 heteroatoms. The molecule has 298 valence electrons. The summed E-state index contributed by atoms with van der Waals surface area (Å²) in [6.07, 6.45) is 0. The molecular formula is C62H40N2. The first-order valence-electron chi connectivity index (χ1n) is 21.9. The highest BCUT2D eigenvalue weighted by Crippen LogP contribution is 2.40. The van der Waals surface area contributed by atoms with E-state index < -0.39 is 0 Å². The van der Waals surface area contributed by atoms with Gasteiger partial charge in [-0.05, 0) is 90.7 Å². The Morgan fingerprint density at radius 2 is 0.516 bits per heavy atom. The molecule has 0 unspecified atom stereocenters. The highest BCUT2D eigenvalue weighted by molar-refractivity contribution is 6.08. The van der Waals surface area contributed by atoms with E-state index in [4.69, 9.17) is 9.97 Å². The topological polar surface area (TPSA) is 25.8 Å². The molecule has 0 radical (unpaired) electrons. The molecule has 0 N–H and O–H groups in total. The van der Waals surface area contributed by atoms with Crippen molar-refractivity contribution in [2.45, 2.75) is 0 Å². The largest absolute Gasteiger partial charge is 0.247 e. The molecule has 0 saturated heterocycles. The molecule has 64 heavy (non-hydrogen) atoms. The van der Waals surface area contributed by atoms with Gasteiger partial charge in [0.1, 0.15) is 0 Å². The first kappa shape index (κ1) is 37.3. The van der Waals surface area contributed by atoms with Crippen LogP contribution in [-0.2, 0) is 0 Å². The fourth-order valence-electron chi connectivity index (χ4n) is 9.34. The van der Waals surface area contributed by atoms with E-state index in [9.17, 15) is 0 Å². The summed E-state index contributed by atoms with van der Waals surface area (Å²) >= 11 is 0. The van der Waals surface area contributed by atoms with Crippen LogP contribution >= 0.6 is 0 Å². The van der Waals surface area contributed by atoms with Crippen LogP contribution in [0.15, 0.2) is 243 Å². The summed E-state index contributed by atoms with van der Waals surface area (Å²) in [4.78, 5) is 10.6. The molecule has 2 heterocycles. The van der Waals surface area contributed by atoms with Gasteiger partial charge in [-0.3, -0.25) is 0 Å². The fraction of sp³-hybridized carbons (Fsp3) is 0. The molecule has 2 aromatic heterocycles. The van der Waals surface area contributed by atoms with Crippen molar-refractivity contribution >= 4 is 43.4 Å². The van der Waals surface area contributed by atoms with E-state index in [1.165, 1.54) is 55.3 Å². The van der Waals surface area contributed by atoms with E-state index in [0.717, 1.165) is 66.2 Å². The molecule has 12 aromatic rings. The summed E-state index contributed by atoms with van der Waals surface area (Å²) in [5.74, 6) is 0. The van der Waals surface area contributed by atoms with E-state index >= 15 is 0 Å². The summed E-state index contributed by atoms with van der Waals surface area (Å²) in [6.45, 7) is 0. The molecule has 0 saturated carbocycles. The lowest BCUT2D eigenvalue weighted by Crippen LogP contribution is -1.91. The van der Waals surface area contributed by atoms with Gasteiger partial charge in [-0.25, -0.2) is 9.97 Å². The Bertz CT molecular complexity index is 3440. The third-order valence-corrected chi connectivity index (χ3v) is 12.7. The van der Waals surface area contributed by atoms with Crippen LogP contribution in [-0.4, -0.2) is 9.97 Å². The SMILES string of the molecule is c1ccc(-c2ccc3ccc4ccc(-c5ccc(-c6ccccc6-c6ccccc6-c6ccc(-c7ccc8ccc9ccc(-c%10ccccc%10)cc9c8n7)cc6)cc5)nc4c3c2)cc1. The number of fused-ring (bicyclic) bond motifs is 6. The molecule has 0 fully saturated rings. The minimum Gasteiger partial charge on any atom is -0.247 e. The lowest BCUT2D eigenvalue weighted by atomic mass is 9.89. The summed E-state index contributed by atoms with van der Waals surface area (Å²) in [7, 11) is 0. The predicted octanol–water partition coefficient (Wildman–Crippen LogP) is 16.8. The Labute approximate surface area is 372 Å². The fourth-order valence-corrected chi connectivity index (χ4v) is 9.34. The van der Waals surface area contributed by atoms with E-state index in [2.05, 4.69) is 243 Å². The molecule has 0 amide bonds. The number of hydrogen-bond acceptors (Lipinski definition) is 2. The highest BCUT2D eigenvalue weighted by Gasteiger charge is 2.15. The van der Waals surface area contributed by atoms with E-state index in [0.29, 0.717) is 0 Å². The van der Waals surface area contributed by atoms with E-state index in [-0.39, 0.29) is 0 Å². The van der Waals surface area contributed by atoms with Crippen molar-refractivity contribution in [1.82, 2.24) is 9.97 Å². The van der Waals surface area contributed by atoms with Gasteiger partial charge in [0.05, 0.1) is 22.4 Å². The van der Waals surface area contributed by atoms with E-state index in [1.54, 1.807) is 0 Å². The molecule has 12 rings (SSSR count). The number of rotatable bonds is 7. The zero-order chi connectivity index (χ0) is 42.4. The van der Waals surface area contributed by atoms with Crippen LogP contribution in [0, 0.1) is 0 Å². The lowest BCUT2D eigenvalue weighted by molar-refractivity contribution is 1.41. The number of aromatic nitrogens is 2. The third-order valence-electron chi connectivity index (χ3n) is 12.7. The molecule has 0 aliphatic heterocycles. The minimum atomic E-state index is 0.961. The summed E-state index contributed by atoms with van der Waals surface area (Å²) in [5.41, 5.74) is 18.0. The zero-order valence-electron chi connectivity index (χ0n) is 35.0. The monoisotopic (exact) mass is 812 g/mol. The number of pyridine rings is 2. The van der Waals surface area contributed by atoms with Crippen LogP contribution in [0.4, 0.5) is 0 Å². The average molecular weight is 813 g/mol. The Balaban J connectivity index is 0.857. The first-order valence-corrected chi connectivity index (χ1v) is 21.9. The second-order valence-electron chi connectivity index (χ2n) is 16.5. The quantitative estimate of drug-likeness (QED) is 0.150. The van der Waals surface area contributed by atoms with Gasteiger partial charge in [-0.2, -0.15) is 0 Å². The normalized spacial score (nSPS) is 11.4. The van der Waals surface area contributed by atoms with Crippen LogP contribution in [0.3, 0.4) is 0 Å². The smallest absolute Gasteiger partial charge is 0.0788 e. The van der Waals surface area contributed by atoms with Gasteiger partial charge in [0.2, 0.25) is 0 Å². The molecule has 0 bridgehead atoms. The van der Waals surface area contributed by atoms with Crippen LogP contribution in [0.25, 0.3) is 122 Å². The lowest BCUT2D eigenvalue weighted by Gasteiger charge is -2.15. The molecule has 0 aliphatic carbocycles. The summed E-state index contributed by atoms with van der Waals surface area (Å²) in [6, 6.07) is 87.1. The van der Waals surface area contributed by atoms with Crippen molar-refractivity contribution in [1.29, 1.82) is 0 Å². The van der Waals surface area contributed by atoms with Crippen molar-refractivity contribution in [2.75, 3.05) is 0 Å². The second-order valence-corrected chi connectivity index (χ2v) is 16.5. The average Bonchev–Trinajstić information content (AvgIpc) is 3.38. The van der Waals surface area contributed by atoms with E-state index in [1.807, 2.05) is 0 Å². The molecule has 0 aliphatic rings. The van der Waals surface area contributed by atoms with Crippen LogP contribution < -0.4 is 0 Å². The van der Waals surface area contributed by atoms with Crippen LogP contribution in [0.2, 0.25) is 0 Å². The maximum atomic E-state index is 5.28. The Morgan fingerprint density at radius 1 is 0.203 bits per heavy atom. The van der Waals surface area contributed by atoms with Gasteiger partial charge < -0.3 is 0 Å². The third kappa shape index (κ3) is 6.79. The summed E-state index contributed by atoms with van der Waals surface area (Å²) in [5, 5.41) is 6.98. The number of hydrogen-bond donors (Lipinski definition) is 0. The van der Waals surface area contributed by atoms with Crippen LogP contribution in [0.5, 0.6) is 0 Å². The molecule has 2 nitrogen and oxygen atoms in total. The number of benzene rings is 10. The Kier molecular flexibility index (Phi) is 9.20.